The average Bonchev–Trinajstić information content (AvgIpc) is 2.67. The number of carbonyl (C=O) groups is 2. The smallest absolute Gasteiger partial charge is 0.308 e. The largest absolute Gasteiger partial charge is 0.494 e. The number of rotatable bonds is 10. The van der Waals surface area contributed by atoms with Gasteiger partial charge in [0.15, 0.2) is 11.6 Å². The Morgan fingerprint density at radius 1 is 1.14 bits per heavy atom. The molecule has 150 valence electrons. The maximum absolute atomic E-state index is 13.6. The number of carboxylic acids is 1. The monoisotopic (exact) mass is 391 g/mol. The van der Waals surface area contributed by atoms with Crippen LogP contribution in [0.5, 0.6) is 5.75 Å². The number of carboxylic acid groups (broad SMARTS) is 1. The van der Waals surface area contributed by atoms with Gasteiger partial charge in [-0.1, -0.05) is 24.3 Å². The number of ether oxygens (including phenoxy) is 1. The number of halogens is 2. The molecule has 1 unspecified atom stereocenters. The first-order valence-electron chi connectivity index (χ1n) is 9.04. The highest BCUT2D eigenvalue weighted by atomic mass is 19.2. The number of carbonyl (C=O) groups excluding carboxylic acids is 1. The Balaban J connectivity index is 1.85. The van der Waals surface area contributed by atoms with Crippen molar-refractivity contribution in [1.29, 1.82) is 0 Å². The third-order valence-electron chi connectivity index (χ3n) is 4.26. The minimum atomic E-state index is -1.02. The van der Waals surface area contributed by atoms with Gasteiger partial charge in [0.05, 0.1) is 12.5 Å². The third kappa shape index (κ3) is 6.33. The van der Waals surface area contributed by atoms with Crippen LogP contribution >= 0.6 is 0 Å². The van der Waals surface area contributed by atoms with Crippen LogP contribution in [0.1, 0.15) is 24.5 Å². The van der Waals surface area contributed by atoms with Crippen molar-refractivity contribution in [2.75, 3.05) is 13.2 Å². The predicted molar refractivity (Wildman–Crippen MR) is 100 cm³/mol. The van der Waals surface area contributed by atoms with Crippen molar-refractivity contribution >= 4 is 11.9 Å². The van der Waals surface area contributed by atoms with Crippen LogP contribution in [0.4, 0.5) is 8.78 Å². The fourth-order valence-electron chi connectivity index (χ4n) is 2.73. The minimum absolute atomic E-state index is 0.0338. The number of hydrogen-bond acceptors (Lipinski definition) is 3. The number of aryl methyl sites for hydroxylation is 1. The molecule has 1 amide bonds. The maximum Gasteiger partial charge on any atom is 0.308 e. The molecule has 2 aromatic carbocycles. The first kappa shape index (κ1) is 21.3. The predicted octanol–water partition coefficient (Wildman–Crippen LogP) is 3.36. The molecule has 0 aliphatic heterocycles. The van der Waals surface area contributed by atoms with Crippen molar-refractivity contribution in [2.45, 2.75) is 26.2 Å². The Bertz CT molecular complexity index is 809. The van der Waals surface area contributed by atoms with E-state index in [4.69, 9.17) is 4.74 Å². The average molecular weight is 391 g/mol. The topological polar surface area (TPSA) is 75.6 Å². The fraction of sp³-hybridized carbons (Fsp3) is 0.333. The molecule has 28 heavy (non-hydrogen) atoms. The summed E-state index contributed by atoms with van der Waals surface area (Å²) in [4.78, 5) is 23.5. The zero-order valence-corrected chi connectivity index (χ0v) is 15.6. The molecule has 0 aliphatic rings. The minimum Gasteiger partial charge on any atom is -0.494 e. The first-order valence-corrected chi connectivity index (χ1v) is 9.04. The van der Waals surface area contributed by atoms with Crippen molar-refractivity contribution in [1.82, 2.24) is 5.32 Å². The van der Waals surface area contributed by atoms with Crippen LogP contribution in [0.2, 0.25) is 0 Å². The summed E-state index contributed by atoms with van der Waals surface area (Å²) in [7, 11) is 0. The van der Waals surface area contributed by atoms with E-state index in [0.29, 0.717) is 12.4 Å². The van der Waals surface area contributed by atoms with Crippen LogP contribution in [0.25, 0.3) is 0 Å². The van der Waals surface area contributed by atoms with Gasteiger partial charge in [0, 0.05) is 13.0 Å². The molecule has 0 saturated carbocycles. The van der Waals surface area contributed by atoms with Gasteiger partial charge in [0.25, 0.3) is 0 Å². The number of benzene rings is 2. The fourth-order valence-corrected chi connectivity index (χ4v) is 2.73. The highest BCUT2D eigenvalue weighted by molar-refractivity contribution is 5.77. The van der Waals surface area contributed by atoms with E-state index >= 15 is 0 Å². The molecule has 1 atom stereocenters. The lowest BCUT2D eigenvalue weighted by molar-refractivity contribution is -0.141. The molecule has 0 bridgehead atoms. The summed E-state index contributed by atoms with van der Waals surface area (Å²) in [5.74, 6) is -3.45. The lowest BCUT2D eigenvalue weighted by Crippen LogP contribution is -2.34. The summed E-state index contributed by atoms with van der Waals surface area (Å²) in [6.45, 7) is 2.37. The number of aliphatic carboxylic acids is 1. The summed E-state index contributed by atoms with van der Waals surface area (Å²) in [5, 5.41) is 12.0. The molecule has 7 heteroatoms. The van der Waals surface area contributed by atoms with Gasteiger partial charge in [-0.2, -0.15) is 0 Å². The van der Waals surface area contributed by atoms with Gasteiger partial charge < -0.3 is 15.2 Å². The molecule has 0 aliphatic carbocycles. The number of amides is 1. The van der Waals surface area contributed by atoms with E-state index in [0.717, 1.165) is 11.6 Å². The van der Waals surface area contributed by atoms with Gasteiger partial charge >= 0.3 is 5.97 Å². The lowest BCUT2D eigenvalue weighted by atomic mass is 9.99. The van der Waals surface area contributed by atoms with Crippen LogP contribution in [-0.2, 0) is 22.4 Å². The summed E-state index contributed by atoms with van der Waals surface area (Å²) in [6, 6.07) is 10.9. The van der Waals surface area contributed by atoms with E-state index < -0.39 is 29.4 Å². The molecular weight excluding hydrogens is 368 g/mol. The van der Waals surface area contributed by atoms with Crippen LogP contribution in [0.3, 0.4) is 0 Å². The Labute approximate surface area is 162 Å². The van der Waals surface area contributed by atoms with E-state index in [2.05, 4.69) is 5.32 Å². The molecule has 0 radical (unpaired) electrons. The molecule has 0 spiro atoms. The quantitative estimate of drug-likeness (QED) is 0.651. The SMILES string of the molecule is CCOc1ccc(CC(CNC(=O)CCc2cccc(F)c2F)C(=O)O)cc1. The molecule has 2 rings (SSSR count). The van der Waals surface area contributed by atoms with Crippen molar-refractivity contribution in [3.8, 4) is 5.75 Å². The van der Waals surface area contributed by atoms with Crippen molar-refractivity contribution in [3.05, 3.63) is 65.2 Å². The molecule has 0 heterocycles. The van der Waals surface area contributed by atoms with Crippen LogP contribution in [-0.4, -0.2) is 30.1 Å². The Kier molecular flexibility index (Phi) is 7.92. The van der Waals surface area contributed by atoms with E-state index in [9.17, 15) is 23.5 Å². The summed E-state index contributed by atoms with van der Waals surface area (Å²) in [6.07, 6.45) is 0.225. The Morgan fingerprint density at radius 3 is 2.50 bits per heavy atom. The van der Waals surface area contributed by atoms with Crippen LogP contribution < -0.4 is 10.1 Å². The van der Waals surface area contributed by atoms with Crippen LogP contribution in [0.15, 0.2) is 42.5 Å². The van der Waals surface area contributed by atoms with E-state index in [1.54, 1.807) is 24.3 Å². The van der Waals surface area contributed by atoms with E-state index in [1.807, 2.05) is 6.92 Å². The van der Waals surface area contributed by atoms with E-state index in [1.165, 1.54) is 12.1 Å². The van der Waals surface area contributed by atoms with Crippen molar-refractivity contribution < 1.29 is 28.2 Å². The lowest BCUT2D eigenvalue weighted by Gasteiger charge is -2.14. The van der Waals surface area contributed by atoms with Gasteiger partial charge in [-0.25, -0.2) is 8.78 Å². The summed E-state index contributed by atoms with van der Waals surface area (Å²) < 4.78 is 32.1. The Morgan fingerprint density at radius 2 is 1.86 bits per heavy atom. The van der Waals surface area contributed by atoms with Gasteiger partial charge in [-0.15, -0.1) is 0 Å². The first-order chi connectivity index (χ1) is 13.4. The maximum atomic E-state index is 13.6. The standard InChI is InChI=1S/C21H23F2NO4/c1-2-28-17-9-6-14(7-10-17)12-16(21(26)27)13-24-19(25)11-8-15-4-3-5-18(22)20(15)23/h3-7,9-10,16H,2,8,11-13H2,1H3,(H,24,25)(H,26,27). The van der Waals surface area contributed by atoms with Gasteiger partial charge in [-0.05, 0) is 49.1 Å². The molecule has 5 nitrogen and oxygen atoms in total. The third-order valence-corrected chi connectivity index (χ3v) is 4.26. The second-order valence-corrected chi connectivity index (χ2v) is 6.33. The highest BCUT2D eigenvalue weighted by Crippen LogP contribution is 2.16. The van der Waals surface area contributed by atoms with Gasteiger partial charge in [0.2, 0.25) is 5.91 Å². The normalized spacial score (nSPS) is 11.7. The molecule has 2 aromatic rings. The molecule has 2 N–H and O–H groups in total. The van der Waals surface area contributed by atoms with Crippen LogP contribution in [0, 0.1) is 17.6 Å². The van der Waals surface area contributed by atoms with Gasteiger partial charge in [-0.3, -0.25) is 9.59 Å². The summed E-state index contributed by atoms with van der Waals surface area (Å²) >= 11 is 0. The summed E-state index contributed by atoms with van der Waals surface area (Å²) in [5.41, 5.74) is 0.922. The number of nitrogens with one attached hydrogen (secondary N) is 1. The van der Waals surface area contributed by atoms with E-state index in [-0.39, 0.29) is 31.4 Å². The zero-order chi connectivity index (χ0) is 20.5. The van der Waals surface area contributed by atoms with Gasteiger partial charge in [0.1, 0.15) is 5.75 Å². The molecule has 0 saturated heterocycles. The Hall–Kier alpha value is -2.96. The molecular formula is C21H23F2NO4. The second kappa shape index (κ2) is 10.4. The molecule has 0 aromatic heterocycles. The second-order valence-electron chi connectivity index (χ2n) is 6.33. The zero-order valence-electron chi connectivity index (χ0n) is 15.6. The number of hydrogen-bond donors (Lipinski definition) is 2. The highest BCUT2D eigenvalue weighted by Gasteiger charge is 2.19. The van der Waals surface area contributed by atoms with Crippen molar-refractivity contribution in [2.24, 2.45) is 5.92 Å². The molecule has 0 fully saturated rings. The van der Waals surface area contributed by atoms with Crippen molar-refractivity contribution in [3.63, 3.8) is 0 Å².